The summed E-state index contributed by atoms with van der Waals surface area (Å²) in [5.41, 5.74) is 1.62. The predicted octanol–water partition coefficient (Wildman–Crippen LogP) is 3.05. The fourth-order valence-electron chi connectivity index (χ4n) is 3.26. The number of carbonyl (C=O) groups is 2. The molecule has 32 heavy (non-hydrogen) atoms. The molecule has 0 atom stereocenters. The molecule has 0 bridgehead atoms. The van der Waals surface area contributed by atoms with Crippen LogP contribution in [0.25, 0.3) is 23.0 Å². The van der Waals surface area contributed by atoms with E-state index in [1.165, 1.54) is 30.5 Å². The number of alkyl halides is 3. The Morgan fingerprint density at radius 1 is 1.19 bits per heavy atom. The molecule has 1 aromatic carbocycles. The highest BCUT2D eigenvalue weighted by Gasteiger charge is 2.31. The molecular formula is C20H15F3N6O3. The van der Waals surface area contributed by atoms with Gasteiger partial charge in [-0.2, -0.15) is 9.61 Å². The zero-order chi connectivity index (χ0) is 22.5. The number of hydrogen-bond donors (Lipinski definition) is 3. The van der Waals surface area contributed by atoms with E-state index < -0.39 is 18.3 Å². The van der Waals surface area contributed by atoms with E-state index >= 15 is 0 Å². The summed E-state index contributed by atoms with van der Waals surface area (Å²) in [7, 11) is 0. The minimum Gasteiger partial charge on any atom is -0.406 e. The lowest BCUT2D eigenvalue weighted by Crippen LogP contribution is -2.22. The Hall–Kier alpha value is -4.09. The van der Waals surface area contributed by atoms with Gasteiger partial charge in [0, 0.05) is 23.2 Å². The molecule has 0 spiro atoms. The van der Waals surface area contributed by atoms with E-state index in [4.69, 9.17) is 0 Å². The summed E-state index contributed by atoms with van der Waals surface area (Å²) < 4.78 is 43.5. The van der Waals surface area contributed by atoms with Crippen LogP contribution in [0.15, 0.2) is 42.2 Å². The Bertz CT molecular complexity index is 1280. The highest BCUT2D eigenvalue weighted by Crippen LogP contribution is 2.31. The minimum absolute atomic E-state index is 0.0365. The average molecular weight is 444 g/mol. The molecule has 3 amide bonds. The van der Waals surface area contributed by atoms with Crippen LogP contribution in [0.5, 0.6) is 5.75 Å². The third-order valence-electron chi connectivity index (χ3n) is 4.81. The molecule has 164 valence electrons. The number of amides is 3. The number of hydrogen-bond acceptors (Lipinski definition) is 6. The minimum atomic E-state index is -4.81. The number of ether oxygens (including phenoxy) is 1. The molecule has 1 aliphatic heterocycles. The fraction of sp³-hybridized carbons (Fsp3) is 0.200. The number of halogens is 3. The Morgan fingerprint density at radius 2 is 2.00 bits per heavy atom. The number of aromatic nitrogens is 3. The van der Waals surface area contributed by atoms with Crippen LogP contribution < -0.4 is 20.7 Å². The van der Waals surface area contributed by atoms with E-state index in [-0.39, 0.29) is 17.5 Å². The quantitative estimate of drug-likeness (QED) is 0.412. The van der Waals surface area contributed by atoms with Crippen molar-refractivity contribution in [1.29, 1.82) is 0 Å². The van der Waals surface area contributed by atoms with E-state index in [1.54, 1.807) is 16.6 Å². The SMILES string of the molecule is O=C1NC(=O)/C(=C\c2cnn3c(NC4CC4)cc(-c4cccc(OC(F)(F)F)c4)nc23)N1. The normalized spacial score (nSPS) is 17.5. The molecule has 0 radical (unpaired) electrons. The van der Waals surface area contributed by atoms with Crippen LogP contribution in [0.4, 0.5) is 23.8 Å². The average Bonchev–Trinajstić information content (AvgIpc) is 3.35. The van der Waals surface area contributed by atoms with E-state index in [9.17, 15) is 22.8 Å². The van der Waals surface area contributed by atoms with Gasteiger partial charge in [0.15, 0.2) is 5.65 Å². The van der Waals surface area contributed by atoms with Gasteiger partial charge in [-0.25, -0.2) is 9.78 Å². The van der Waals surface area contributed by atoms with Crippen molar-refractivity contribution in [2.24, 2.45) is 0 Å². The molecule has 3 aromatic rings. The summed E-state index contributed by atoms with van der Waals surface area (Å²) in [6.07, 6.45) is 0.0736. The van der Waals surface area contributed by atoms with Gasteiger partial charge in [0.05, 0.1) is 11.9 Å². The first-order valence-corrected chi connectivity index (χ1v) is 9.61. The second-order valence-corrected chi connectivity index (χ2v) is 7.32. The molecule has 3 N–H and O–H groups in total. The first-order chi connectivity index (χ1) is 15.2. The van der Waals surface area contributed by atoms with Gasteiger partial charge in [-0.15, -0.1) is 13.2 Å². The summed E-state index contributed by atoms with van der Waals surface area (Å²) in [5.74, 6) is -0.354. The Morgan fingerprint density at radius 3 is 2.69 bits per heavy atom. The Kier molecular flexibility index (Phi) is 4.50. The zero-order valence-electron chi connectivity index (χ0n) is 16.2. The number of imide groups is 1. The molecule has 2 aromatic heterocycles. The zero-order valence-corrected chi connectivity index (χ0v) is 16.2. The largest absolute Gasteiger partial charge is 0.573 e. The predicted molar refractivity (Wildman–Crippen MR) is 106 cm³/mol. The van der Waals surface area contributed by atoms with Crippen LogP contribution in [0, 0.1) is 0 Å². The van der Waals surface area contributed by atoms with E-state index in [0.29, 0.717) is 28.3 Å². The molecule has 12 heteroatoms. The van der Waals surface area contributed by atoms with Crippen LogP contribution >= 0.6 is 0 Å². The molecule has 5 rings (SSSR count). The standard InChI is InChI=1S/C20H15F3N6O3/c21-20(22,23)32-13-3-1-2-10(6-13)14-8-16(25-12-4-5-12)29-17(26-14)11(9-24-29)7-15-18(30)28-19(31)27-15/h1-3,6-9,12,25H,4-5H2,(H2,27,28,30,31)/b15-7+. The van der Waals surface area contributed by atoms with Crippen LogP contribution in [0.3, 0.4) is 0 Å². The van der Waals surface area contributed by atoms with Gasteiger partial charge >= 0.3 is 12.4 Å². The van der Waals surface area contributed by atoms with Crippen molar-refractivity contribution in [3.63, 3.8) is 0 Å². The van der Waals surface area contributed by atoms with Crippen molar-refractivity contribution in [3.8, 4) is 17.0 Å². The monoisotopic (exact) mass is 444 g/mol. The lowest BCUT2D eigenvalue weighted by molar-refractivity contribution is -0.274. The van der Waals surface area contributed by atoms with E-state index in [1.807, 2.05) is 0 Å². The highest BCUT2D eigenvalue weighted by molar-refractivity contribution is 6.14. The van der Waals surface area contributed by atoms with Crippen LogP contribution in [0.2, 0.25) is 0 Å². The summed E-state index contributed by atoms with van der Waals surface area (Å²) in [4.78, 5) is 27.8. The van der Waals surface area contributed by atoms with Crippen LogP contribution in [-0.2, 0) is 4.79 Å². The molecular weight excluding hydrogens is 429 g/mol. The molecule has 0 unspecified atom stereocenters. The van der Waals surface area contributed by atoms with Crippen molar-refractivity contribution in [2.45, 2.75) is 25.2 Å². The van der Waals surface area contributed by atoms with Gasteiger partial charge in [0.1, 0.15) is 17.3 Å². The van der Waals surface area contributed by atoms with Crippen LogP contribution in [-0.4, -0.2) is 38.9 Å². The van der Waals surface area contributed by atoms with Gasteiger partial charge in [0.25, 0.3) is 5.91 Å². The van der Waals surface area contributed by atoms with Gasteiger partial charge in [-0.05, 0) is 31.1 Å². The van der Waals surface area contributed by atoms with Crippen LogP contribution in [0.1, 0.15) is 18.4 Å². The molecule has 1 saturated heterocycles. The third-order valence-corrected chi connectivity index (χ3v) is 4.81. The summed E-state index contributed by atoms with van der Waals surface area (Å²) in [5, 5.41) is 12.1. The van der Waals surface area contributed by atoms with Gasteiger partial charge in [-0.1, -0.05) is 12.1 Å². The first kappa shape index (κ1) is 19.8. The topological polar surface area (TPSA) is 110 Å². The molecule has 2 aliphatic rings. The van der Waals surface area contributed by atoms with Crippen molar-refractivity contribution >= 4 is 29.5 Å². The maximum Gasteiger partial charge on any atom is 0.573 e. The maximum atomic E-state index is 12.6. The number of anilines is 1. The smallest absolute Gasteiger partial charge is 0.406 e. The maximum absolute atomic E-state index is 12.6. The second kappa shape index (κ2) is 7.25. The molecule has 1 saturated carbocycles. The third kappa shape index (κ3) is 4.06. The number of carbonyl (C=O) groups excluding carboxylic acids is 2. The van der Waals surface area contributed by atoms with Gasteiger partial charge in [-0.3, -0.25) is 10.1 Å². The number of rotatable bonds is 5. The molecule has 1 aliphatic carbocycles. The number of fused-ring (bicyclic) bond motifs is 1. The van der Waals surface area contributed by atoms with Crippen molar-refractivity contribution < 1.29 is 27.5 Å². The summed E-state index contributed by atoms with van der Waals surface area (Å²) in [6, 6.07) is 6.81. The van der Waals surface area contributed by atoms with E-state index in [0.717, 1.165) is 12.8 Å². The Balaban J connectivity index is 1.60. The second-order valence-electron chi connectivity index (χ2n) is 7.32. The van der Waals surface area contributed by atoms with Gasteiger partial charge < -0.3 is 15.4 Å². The highest BCUT2D eigenvalue weighted by atomic mass is 19.4. The number of nitrogens with zero attached hydrogens (tertiary/aromatic N) is 3. The fourth-order valence-corrected chi connectivity index (χ4v) is 3.26. The number of urea groups is 1. The summed E-state index contributed by atoms with van der Waals surface area (Å²) >= 11 is 0. The molecule has 3 heterocycles. The number of benzene rings is 1. The summed E-state index contributed by atoms with van der Waals surface area (Å²) in [6.45, 7) is 0. The lowest BCUT2D eigenvalue weighted by Gasteiger charge is -2.12. The molecule has 2 fully saturated rings. The first-order valence-electron chi connectivity index (χ1n) is 9.61. The van der Waals surface area contributed by atoms with Crippen molar-refractivity contribution in [2.75, 3.05) is 5.32 Å². The lowest BCUT2D eigenvalue weighted by atomic mass is 10.1. The van der Waals surface area contributed by atoms with E-state index in [2.05, 4.69) is 30.8 Å². The van der Waals surface area contributed by atoms with Crippen molar-refractivity contribution in [3.05, 3.63) is 47.8 Å². The van der Waals surface area contributed by atoms with Crippen molar-refractivity contribution in [1.82, 2.24) is 25.2 Å². The Labute approximate surface area is 178 Å². The van der Waals surface area contributed by atoms with Gasteiger partial charge in [0.2, 0.25) is 0 Å². The molecule has 9 nitrogen and oxygen atoms in total. The number of nitrogens with one attached hydrogen (secondary N) is 3.